The van der Waals surface area contributed by atoms with Gasteiger partial charge in [-0.25, -0.2) is 4.98 Å². The molecular weight excluding hydrogens is 448 g/mol. The minimum absolute atomic E-state index is 0.120. The number of aromatic nitrogens is 3. The lowest BCUT2D eigenvalue weighted by atomic mass is 10.1. The van der Waals surface area contributed by atoms with Crippen molar-refractivity contribution in [2.45, 2.75) is 38.4 Å². The molecule has 0 aliphatic carbocycles. The standard InChI is InChI=1S/C26H28N4O3S/c1-3-5-15-30-25(32)24-23(19(16-27-24)18-11-7-6-8-12-18)29-26(30)34-17-22(31)28-20-13-9-10-14-21(20)33-4-2/h6-14,16,27H,3-5,15,17H2,1-2H3,(H,28,31). The largest absolute Gasteiger partial charge is 0.492 e. The van der Waals surface area contributed by atoms with Gasteiger partial charge < -0.3 is 15.0 Å². The van der Waals surface area contributed by atoms with Gasteiger partial charge in [-0.2, -0.15) is 0 Å². The average Bonchev–Trinajstić information content (AvgIpc) is 3.28. The van der Waals surface area contributed by atoms with Gasteiger partial charge in [0.05, 0.1) is 18.0 Å². The molecule has 7 nitrogen and oxygen atoms in total. The van der Waals surface area contributed by atoms with Crippen LogP contribution in [0.3, 0.4) is 0 Å². The quantitative estimate of drug-likeness (QED) is 0.239. The minimum atomic E-state index is -0.189. The van der Waals surface area contributed by atoms with Gasteiger partial charge in [-0.15, -0.1) is 0 Å². The van der Waals surface area contributed by atoms with Gasteiger partial charge in [-0.3, -0.25) is 14.2 Å². The van der Waals surface area contributed by atoms with Crippen molar-refractivity contribution in [1.29, 1.82) is 0 Å². The number of aromatic amines is 1. The summed E-state index contributed by atoms with van der Waals surface area (Å²) >= 11 is 1.27. The van der Waals surface area contributed by atoms with Gasteiger partial charge in [0.2, 0.25) is 5.91 Å². The van der Waals surface area contributed by atoms with Crippen molar-refractivity contribution >= 4 is 34.4 Å². The van der Waals surface area contributed by atoms with Crippen LogP contribution in [0.4, 0.5) is 5.69 Å². The zero-order chi connectivity index (χ0) is 23.9. The number of H-pyrrole nitrogens is 1. The maximum absolute atomic E-state index is 13.3. The molecule has 4 aromatic rings. The number of thioether (sulfide) groups is 1. The molecule has 0 saturated heterocycles. The van der Waals surface area contributed by atoms with E-state index < -0.39 is 0 Å². The summed E-state index contributed by atoms with van der Waals surface area (Å²) in [5.74, 6) is 0.559. The molecule has 0 atom stereocenters. The fourth-order valence-corrected chi connectivity index (χ4v) is 4.52. The molecule has 176 valence electrons. The SMILES string of the molecule is CCCCn1c(SCC(=O)Nc2ccccc2OCC)nc2c(-c3ccccc3)c[nH]c2c1=O. The first-order chi connectivity index (χ1) is 16.6. The summed E-state index contributed by atoms with van der Waals surface area (Å²) < 4.78 is 7.26. The van der Waals surface area contributed by atoms with Crippen molar-refractivity contribution in [2.24, 2.45) is 0 Å². The number of unbranched alkanes of at least 4 members (excludes halogenated alkanes) is 1. The average molecular weight is 477 g/mol. The van der Waals surface area contributed by atoms with E-state index in [9.17, 15) is 9.59 Å². The Hall–Kier alpha value is -3.52. The third kappa shape index (κ3) is 5.17. The maximum Gasteiger partial charge on any atom is 0.278 e. The first-order valence-electron chi connectivity index (χ1n) is 11.4. The Morgan fingerprint density at radius 1 is 1.12 bits per heavy atom. The number of carbonyl (C=O) groups is 1. The molecule has 0 bridgehead atoms. The molecule has 8 heteroatoms. The summed E-state index contributed by atoms with van der Waals surface area (Å²) in [7, 11) is 0. The van der Waals surface area contributed by atoms with E-state index in [1.54, 1.807) is 10.6 Å². The van der Waals surface area contributed by atoms with E-state index in [-0.39, 0.29) is 17.2 Å². The predicted octanol–water partition coefficient (Wildman–Crippen LogP) is 5.32. The second kappa shape index (κ2) is 11.1. The van der Waals surface area contributed by atoms with Crippen molar-refractivity contribution in [3.63, 3.8) is 0 Å². The van der Waals surface area contributed by atoms with E-state index in [4.69, 9.17) is 9.72 Å². The Morgan fingerprint density at radius 2 is 1.88 bits per heavy atom. The number of hydrogen-bond acceptors (Lipinski definition) is 5. The van der Waals surface area contributed by atoms with Crippen LogP contribution in [0, 0.1) is 0 Å². The lowest BCUT2D eigenvalue weighted by Gasteiger charge is -2.13. The summed E-state index contributed by atoms with van der Waals surface area (Å²) in [6.45, 7) is 5.04. The second-order valence-electron chi connectivity index (χ2n) is 7.76. The summed E-state index contributed by atoms with van der Waals surface area (Å²) in [5.41, 5.74) is 3.45. The van der Waals surface area contributed by atoms with Gasteiger partial charge in [-0.05, 0) is 31.0 Å². The monoisotopic (exact) mass is 476 g/mol. The van der Waals surface area contributed by atoms with E-state index in [1.165, 1.54) is 11.8 Å². The fourth-order valence-electron chi connectivity index (χ4n) is 3.70. The number of carbonyl (C=O) groups excluding carboxylic acids is 1. The Balaban J connectivity index is 1.62. The number of anilines is 1. The Kier molecular flexibility index (Phi) is 7.69. The number of amides is 1. The first kappa shape index (κ1) is 23.6. The van der Waals surface area contributed by atoms with Crippen LogP contribution in [0.15, 0.2) is 70.7 Å². The van der Waals surface area contributed by atoms with E-state index in [0.29, 0.717) is 40.8 Å². The zero-order valence-electron chi connectivity index (χ0n) is 19.3. The summed E-state index contributed by atoms with van der Waals surface area (Å²) in [6, 6.07) is 17.2. The van der Waals surface area contributed by atoms with Crippen molar-refractivity contribution in [2.75, 3.05) is 17.7 Å². The van der Waals surface area contributed by atoms with Crippen LogP contribution >= 0.6 is 11.8 Å². The third-order valence-corrected chi connectivity index (χ3v) is 6.34. The van der Waals surface area contributed by atoms with Crippen molar-refractivity contribution in [3.8, 4) is 16.9 Å². The maximum atomic E-state index is 13.3. The Labute approximate surface area is 202 Å². The van der Waals surface area contributed by atoms with Crippen LogP contribution in [0.5, 0.6) is 5.75 Å². The molecule has 0 spiro atoms. The topological polar surface area (TPSA) is 89.0 Å². The molecule has 0 saturated carbocycles. The Bertz CT molecular complexity index is 1330. The van der Waals surface area contributed by atoms with Crippen molar-refractivity contribution in [1.82, 2.24) is 14.5 Å². The first-order valence-corrected chi connectivity index (χ1v) is 12.4. The molecule has 2 heterocycles. The number of nitrogens with zero attached hydrogens (tertiary/aromatic N) is 2. The molecule has 2 aromatic carbocycles. The van der Waals surface area contributed by atoms with Gasteiger partial charge >= 0.3 is 0 Å². The molecule has 34 heavy (non-hydrogen) atoms. The van der Waals surface area contributed by atoms with Gasteiger partial charge in [0.15, 0.2) is 5.16 Å². The fraction of sp³-hybridized carbons (Fsp3) is 0.269. The highest BCUT2D eigenvalue weighted by Gasteiger charge is 2.18. The van der Waals surface area contributed by atoms with Crippen LogP contribution in [-0.4, -0.2) is 32.8 Å². The highest BCUT2D eigenvalue weighted by Crippen LogP contribution is 2.28. The van der Waals surface area contributed by atoms with Gasteiger partial charge in [0, 0.05) is 18.3 Å². The predicted molar refractivity (Wildman–Crippen MR) is 138 cm³/mol. The third-order valence-electron chi connectivity index (χ3n) is 5.36. The highest BCUT2D eigenvalue weighted by atomic mass is 32.2. The molecule has 0 aliphatic heterocycles. The van der Waals surface area contributed by atoms with Crippen LogP contribution < -0.4 is 15.6 Å². The molecule has 4 rings (SSSR count). The second-order valence-corrected chi connectivity index (χ2v) is 8.71. The van der Waals surface area contributed by atoms with E-state index in [1.807, 2.05) is 61.7 Å². The minimum Gasteiger partial charge on any atom is -0.492 e. The smallest absolute Gasteiger partial charge is 0.278 e. The summed E-state index contributed by atoms with van der Waals surface area (Å²) in [4.78, 5) is 34.0. The summed E-state index contributed by atoms with van der Waals surface area (Å²) in [5, 5.41) is 3.44. The molecule has 2 N–H and O–H groups in total. The Morgan fingerprint density at radius 3 is 2.65 bits per heavy atom. The van der Waals surface area contributed by atoms with E-state index in [2.05, 4.69) is 17.2 Å². The molecule has 0 fully saturated rings. The zero-order valence-corrected chi connectivity index (χ0v) is 20.2. The van der Waals surface area contributed by atoms with E-state index in [0.717, 1.165) is 24.0 Å². The molecule has 0 aliphatic rings. The lowest BCUT2D eigenvalue weighted by Crippen LogP contribution is -2.24. The van der Waals surface area contributed by atoms with Crippen LogP contribution in [0.2, 0.25) is 0 Å². The number of rotatable bonds is 10. The number of para-hydroxylation sites is 2. The van der Waals surface area contributed by atoms with Crippen molar-refractivity contribution < 1.29 is 9.53 Å². The number of ether oxygens (including phenoxy) is 1. The van der Waals surface area contributed by atoms with Gasteiger partial charge in [0.1, 0.15) is 16.8 Å². The lowest BCUT2D eigenvalue weighted by molar-refractivity contribution is -0.113. The van der Waals surface area contributed by atoms with Crippen LogP contribution in [0.25, 0.3) is 22.2 Å². The van der Waals surface area contributed by atoms with Gasteiger partial charge in [-0.1, -0.05) is 67.6 Å². The van der Waals surface area contributed by atoms with Crippen molar-refractivity contribution in [3.05, 3.63) is 71.1 Å². The number of benzene rings is 2. The molecule has 0 radical (unpaired) electrons. The number of nitrogens with one attached hydrogen (secondary N) is 2. The van der Waals surface area contributed by atoms with E-state index >= 15 is 0 Å². The number of hydrogen-bond donors (Lipinski definition) is 2. The molecular formula is C26H28N4O3S. The number of fused-ring (bicyclic) bond motifs is 1. The molecule has 0 unspecified atom stereocenters. The normalized spacial score (nSPS) is 11.0. The van der Waals surface area contributed by atoms with Crippen LogP contribution in [-0.2, 0) is 11.3 Å². The highest BCUT2D eigenvalue weighted by molar-refractivity contribution is 7.99. The molecule has 1 amide bonds. The molecule has 2 aromatic heterocycles. The summed E-state index contributed by atoms with van der Waals surface area (Å²) in [6.07, 6.45) is 3.62. The van der Waals surface area contributed by atoms with Crippen LogP contribution in [0.1, 0.15) is 26.7 Å². The van der Waals surface area contributed by atoms with Gasteiger partial charge in [0.25, 0.3) is 5.56 Å².